The van der Waals surface area contributed by atoms with Crippen molar-refractivity contribution in [3.8, 4) is 11.4 Å². The van der Waals surface area contributed by atoms with Crippen molar-refractivity contribution in [3.63, 3.8) is 0 Å². The first-order valence-corrected chi connectivity index (χ1v) is 15.1. The van der Waals surface area contributed by atoms with E-state index in [1.165, 1.54) is 38.5 Å². The highest BCUT2D eigenvalue weighted by Crippen LogP contribution is 2.61. The Bertz CT molecular complexity index is 1550. The lowest BCUT2D eigenvalue weighted by atomic mass is 9.48. The second-order valence-electron chi connectivity index (χ2n) is 12.7. The van der Waals surface area contributed by atoms with Crippen molar-refractivity contribution in [2.45, 2.75) is 58.0 Å². The van der Waals surface area contributed by atoms with Gasteiger partial charge in [-0.25, -0.2) is 9.78 Å². The van der Waals surface area contributed by atoms with Gasteiger partial charge in [-0.1, -0.05) is 36.4 Å². The van der Waals surface area contributed by atoms with Gasteiger partial charge in [0.05, 0.1) is 5.56 Å². The highest BCUT2D eigenvalue weighted by atomic mass is 16.5. The molecule has 4 aliphatic rings. The number of ether oxygens (including phenoxy) is 1. The van der Waals surface area contributed by atoms with Crippen LogP contribution >= 0.6 is 0 Å². The number of H-pyrrole nitrogens is 1. The van der Waals surface area contributed by atoms with Crippen molar-refractivity contribution in [3.05, 3.63) is 102 Å². The van der Waals surface area contributed by atoms with E-state index in [9.17, 15) is 9.59 Å². The topological polar surface area (TPSA) is 97.0 Å². The van der Waals surface area contributed by atoms with Gasteiger partial charge in [-0.2, -0.15) is 0 Å². The molecule has 0 spiro atoms. The van der Waals surface area contributed by atoms with Gasteiger partial charge in [0.1, 0.15) is 18.1 Å². The Morgan fingerprint density at radius 2 is 1.69 bits per heavy atom. The molecule has 0 saturated heterocycles. The van der Waals surface area contributed by atoms with Crippen molar-refractivity contribution in [2.75, 3.05) is 5.32 Å². The number of aromatic nitrogens is 3. The molecule has 2 N–H and O–H groups in total. The molecule has 2 aromatic carbocycles. The molecule has 7 nitrogen and oxygen atoms in total. The number of benzene rings is 2. The van der Waals surface area contributed by atoms with Gasteiger partial charge in [-0.15, -0.1) is 0 Å². The Hall–Kier alpha value is -4.26. The fourth-order valence-electron chi connectivity index (χ4n) is 8.12. The standard InChI is InChI=1S/C35H36N4O3/c40-33(37-29-10-4-8-27(17-29)34(41)42-22-23-6-2-1-3-7-23)31-30(38-32(39-31)28-9-5-13-36-21-28)11-12-35-18-24-14-25(19-35)16-26(15-24)20-35/h1-10,13,17,21,24-26H,11-12,14-16,18-20,22H2,(H,37,40)(H,38,39). The lowest BCUT2D eigenvalue weighted by Crippen LogP contribution is -2.46. The molecule has 8 rings (SSSR count). The van der Waals surface area contributed by atoms with E-state index in [0.717, 1.165) is 47.4 Å². The fraction of sp³-hybridized carbons (Fsp3) is 0.371. The second-order valence-corrected chi connectivity index (χ2v) is 12.7. The first-order chi connectivity index (χ1) is 20.5. The number of hydrogen-bond donors (Lipinski definition) is 2. The highest BCUT2D eigenvalue weighted by molar-refractivity contribution is 6.04. The van der Waals surface area contributed by atoms with E-state index in [2.05, 4.69) is 15.3 Å². The minimum atomic E-state index is -0.440. The maximum absolute atomic E-state index is 13.7. The molecule has 214 valence electrons. The summed E-state index contributed by atoms with van der Waals surface area (Å²) in [4.78, 5) is 38.9. The van der Waals surface area contributed by atoms with Crippen LogP contribution in [0.3, 0.4) is 0 Å². The third-order valence-electron chi connectivity index (χ3n) is 9.57. The van der Waals surface area contributed by atoms with Crippen LogP contribution in [0.15, 0.2) is 79.1 Å². The summed E-state index contributed by atoms with van der Waals surface area (Å²) in [6.07, 6.45) is 13.6. The molecule has 4 bridgehead atoms. The first-order valence-electron chi connectivity index (χ1n) is 15.1. The van der Waals surface area contributed by atoms with Crippen LogP contribution in [0.25, 0.3) is 11.4 Å². The molecule has 2 heterocycles. The van der Waals surface area contributed by atoms with E-state index in [1.807, 2.05) is 42.5 Å². The first kappa shape index (κ1) is 26.6. The zero-order valence-electron chi connectivity index (χ0n) is 23.7. The van der Waals surface area contributed by atoms with Gasteiger partial charge in [-0.05, 0) is 110 Å². The summed E-state index contributed by atoms with van der Waals surface area (Å²) >= 11 is 0. The number of carbonyl (C=O) groups excluding carboxylic acids is 2. The van der Waals surface area contributed by atoms with Gasteiger partial charge in [0.2, 0.25) is 0 Å². The predicted octanol–water partition coefficient (Wildman–Crippen LogP) is 7.23. The monoisotopic (exact) mass is 560 g/mol. The van der Waals surface area contributed by atoms with Gasteiger partial charge in [0.25, 0.3) is 5.91 Å². The number of aromatic amines is 1. The van der Waals surface area contributed by atoms with Crippen LogP contribution in [-0.2, 0) is 17.8 Å². The smallest absolute Gasteiger partial charge is 0.338 e. The van der Waals surface area contributed by atoms with E-state index in [4.69, 9.17) is 9.72 Å². The molecule has 4 aromatic rings. The number of nitrogens with one attached hydrogen (secondary N) is 2. The second kappa shape index (κ2) is 11.2. The minimum Gasteiger partial charge on any atom is -0.457 e. The normalized spacial score (nSPS) is 24.0. The number of hydrogen-bond acceptors (Lipinski definition) is 5. The lowest BCUT2D eigenvalue weighted by Gasteiger charge is -2.57. The zero-order valence-corrected chi connectivity index (χ0v) is 23.7. The zero-order chi connectivity index (χ0) is 28.5. The van der Waals surface area contributed by atoms with Crippen LogP contribution in [0.2, 0.25) is 0 Å². The van der Waals surface area contributed by atoms with Crippen LogP contribution in [-0.4, -0.2) is 26.8 Å². The summed E-state index contributed by atoms with van der Waals surface area (Å²) in [5.41, 5.74) is 4.32. The highest BCUT2D eigenvalue weighted by Gasteiger charge is 2.50. The third-order valence-corrected chi connectivity index (χ3v) is 9.57. The third kappa shape index (κ3) is 5.60. The molecular weight excluding hydrogens is 524 g/mol. The van der Waals surface area contributed by atoms with Crippen LogP contribution in [0.1, 0.15) is 77.0 Å². The van der Waals surface area contributed by atoms with Crippen LogP contribution in [0, 0.1) is 23.2 Å². The number of aryl methyl sites for hydroxylation is 1. The molecule has 0 unspecified atom stereocenters. The van der Waals surface area contributed by atoms with E-state index in [1.54, 1.807) is 36.7 Å². The van der Waals surface area contributed by atoms with Crippen LogP contribution in [0.5, 0.6) is 0 Å². The summed E-state index contributed by atoms with van der Waals surface area (Å²) in [7, 11) is 0. The Morgan fingerprint density at radius 3 is 2.40 bits per heavy atom. The summed E-state index contributed by atoms with van der Waals surface area (Å²) < 4.78 is 5.49. The Balaban J connectivity index is 1.09. The van der Waals surface area contributed by atoms with E-state index < -0.39 is 5.97 Å². The van der Waals surface area contributed by atoms with Crippen molar-refractivity contribution >= 4 is 17.6 Å². The molecule has 7 heteroatoms. The van der Waals surface area contributed by atoms with E-state index >= 15 is 0 Å². The van der Waals surface area contributed by atoms with E-state index in [0.29, 0.717) is 28.2 Å². The molecule has 4 fully saturated rings. The minimum absolute atomic E-state index is 0.188. The molecule has 4 aliphatic carbocycles. The van der Waals surface area contributed by atoms with E-state index in [-0.39, 0.29) is 12.5 Å². The van der Waals surface area contributed by atoms with Gasteiger partial charge in [0.15, 0.2) is 0 Å². The Kier molecular flexibility index (Phi) is 7.10. The maximum Gasteiger partial charge on any atom is 0.338 e. The van der Waals surface area contributed by atoms with Crippen molar-refractivity contribution in [1.29, 1.82) is 0 Å². The Morgan fingerprint density at radius 1 is 0.929 bits per heavy atom. The predicted molar refractivity (Wildman–Crippen MR) is 161 cm³/mol. The number of nitrogens with zero attached hydrogens (tertiary/aromatic N) is 2. The Labute approximate surface area is 246 Å². The van der Waals surface area contributed by atoms with Gasteiger partial charge >= 0.3 is 5.97 Å². The molecule has 42 heavy (non-hydrogen) atoms. The number of pyridine rings is 1. The molecule has 0 aliphatic heterocycles. The fourth-order valence-corrected chi connectivity index (χ4v) is 8.12. The summed E-state index contributed by atoms with van der Waals surface area (Å²) in [6.45, 7) is 0.188. The largest absolute Gasteiger partial charge is 0.457 e. The van der Waals surface area contributed by atoms with Gasteiger partial charge in [0, 0.05) is 29.3 Å². The maximum atomic E-state index is 13.7. The molecule has 0 atom stereocenters. The molecule has 0 radical (unpaired) electrons. The van der Waals surface area contributed by atoms with Gasteiger partial charge < -0.3 is 15.0 Å². The van der Waals surface area contributed by atoms with Crippen LogP contribution < -0.4 is 5.32 Å². The van der Waals surface area contributed by atoms with Crippen molar-refractivity contribution in [1.82, 2.24) is 15.0 Å². The number of esters is 1. The molecular formula is C35H36N4O3. The average molecular weight is 561 g/mol. The number of carbonyl (C=O) groups is 2. The molecule has 2 aromatic heterocycles. The van der Waals surface area contributed by atoms with Crippen molar-refractivity contribution in [2.24, 2.45) is 23.2 Å². The number of anilines is 1. The summed E-state index contributed by atoms with van der Waals surface area (Å²) in [5.74, 6) is 2.57. The van der Waals surface area contributed by atoms with Gasteiger partial charge in [-0.3, -0.25) is 9.78 Å². The number of rotatable bonds is 9. The molecule has 1 amide bonds. The quantitative estimate of drug-likeness (QED) is 0.211. The number of imidazole rings is 1. The molecule has 4 saturated carbocycles. The van der Waals surface area contributed by atoms with Crippen LogP contribution in [0.4, 0.5) is 5.69 Å². The SMILES string of the molecule is O=C(OCc1ccccc1)c1cccc(NC(=O)c2nc(-c3cccnc3)[nH]c2CCC23CC4CC(CC(C4)C2)C3)c1. The summed E-state index contributed by atoms with van der Waals surface area (Å²) in [6, 6.07) is 20.2. The lowest BCUT2D eigenvalue weighted by molar-refractivity contribution is -0.0570. The average Bonchev–Trinajstić information content (AvgIpc) is 3.44. The number of amides is 1. The van der Waals surface area contributed by atoms with Crippen molar-refractivity contribution < 1.29 is 14.3 Å². The summed E-state index contributed by atoms with van der Waals surface area (Å²) in [5, 5.41) is 2.98.